The molecular formula is C12H13N5O. The molecule has 2 aromatic rings. The third-order valence-electron chi connectivity index (χ3n) is 2.39. The van der Waals surface area contributed by atoms with Crippen LogP contribution in [-0.4, -0.2) is 9.97 Å². The van der Waals surface area contributed by atoms with Gasteiger partial charge in [-0.2, -0.15) is 5.26 Å². The zero-order valence-electron chi connectivity index (χ0n) is 10.1. The van der Waals surface area contributed by atoms with Crippen molar-refractivity contribution >= 4 is 11.5 Å². The highest BCUT2D eigenvalue weighted by Crippen LogP contribution is 2.21. The maximum Gasteiger partial charge on any atom is 0.216 e. The highest BCUT2D eigenvalue weighted by atomic mass is 16.4. The van der Waals surface area contributed by atoms with Gasteiger partial charge in [-0.25, -0.2) is 9.97 Å². The number of nitrogen functional groups attached to an aromatic ring is 1. The molecule has 0 spiro atoms. The van der Waals surface area contributed by atoms with Crippen LogP contribution in [0, 0.1) is 18.3 Å². The summed E-state index contributed by atoms with van der Waals surface area (Å²) >= 11 is 0. The molecule has 0 aliphatic heterocycles. The number of oxazole rings is 1. The van der Waals surface area contributed by atoms with Crippen LogP contribution in [0.25, 0.3) is 0 Å². The average Bonchev–Trinajstić information content (AvgIpc) is 2.78. The fraction of sp³-hybridized carbons (Fsp3) is 0.250. The Bertz CT molecular complexity index is 599. The van der Waals surface area contributed by atoms with Crippen LogP contribution in [0.3, 0.4) is 0 Å². The molecule has 18 heavy (non-hydrogen) atoms. The SMILES string of the molecule is Cc1cnc(C(C)Nc2ncc(N)cc2C#N)o1. The first-order chi connectivity index (χ1) is 8.60. The number of nitriles is 1. The summed E-state index contributed by atoms with van der Waals surface area (Å²) in [5.74, 6) is 1.76. The number of nitrogens with two attached hydrogens (primary N) is 1. The summed E-state index contributed by atoms with van der Waals surface area (Å²) in [5, 5.41) is 12.1. The van der Waals surface area contributed by atoms with Crippen LogP contribution in [-0.2, 0) is 0 Å². The zero-order chi connectivity index (χ0) is 13.1. The number of nitrogens with one attached hydrogen (secondary N) is 1. The van der Waals surface area contributed by atoms with E-state index in [1.807, 2.05) is 19.9 Å². The van der Waals surface area contributed by atoms with E-state index in [4.69, 9.17) is 15.4 Å². The van der Waals surface area contributed by atoms with Crippen molar-refractivity contribution < 1.29 is 4.42 Å². The van der Waals surface area contributed by atoms with Crippen molar-refractivity contribution in [2.75, 3.05) is 11.1 Å². The molecule has 0 aliphatic rings. The van der Waals surface area contributed by atoms with E-state index in [0.29, 0.717) is 23.0 Å². The molecule has 0 saturated carbocycles. The van der Waals surface area contributed by atoms with Crippen molar-refractivity contribution in [2.24, 2.45) is 0 Å². The van der Waals surface area contributed by atoms with Crippen molar-refractivity contribution in [1.82, 2.24) is 9.97 Å². The van der Waals surface area contributed by atoms with E-state index in [0.717, 1.165) is 5.76 Å². The topological polar surface area (TPSA) is 101 Å². The van der Waals surface area contributed by atoms with Gasteiger partial charge in [0, 0.05) is 0 Å². The molecule has 2 rings (SSSR count). The molecule has 0 fully saturated rings. The Morgan fingerprint density at radius 3 is 2.83 bits per heavy atom. The number of hydrogen-bond acceptors (Lipinski definition) is 6. The first-order valence-electron chi connectivity index (χ1n) is 5.44. The molecule has 0 saturated heterocycles. The molecular weight excluding hydrogens is 230 g/mol. The van der Waals surface area contributed by atoms with Crippen molar-refractivity contribution in [3.8, 4) is 6.07 Å². The second kappa shape index (κ2) is 4.75. The van der Waals surface area contributed by atoms with Gasteiger partial charge in [0.1, 0.15) is 23.7 Å². The highest BCUT2D eigenvalue weighted by molar-refractivity contribution is 5.57. The van der Waals surface area contributed by atoms with Gasteiger partial charge < -0.3 is 15.5 Å². The van der Waals surface area contributed by atoms with Crippen molar-refractivity contribution in [3.63, 3.8) is 0 Å². The van der Waals surface area contributed by atoms with Crippen LogP contribution in [0.15, 0.2) is 22.9 Å². The fourth-order valence-electron chi connectivity index (χ4n) is 1.52. The van der Waals surface area contributed by atoms with Gasteiger partial charge in [-0.3, -0.25) is 0 Å². The van der Waals surface area contributed by atoms with Crippen molar-refractivity contribution in [1.29, 1.82) is 5.26 Å². The summed E-state index contributed by atoms with van der Waals surface area (Å²) < 4.78 is 5.41. The Hall–Kier alpha value is -2.55. The summed E-state index contributed by atoms with van der Waals surface area (Å²) in [6.45, 7) is 3.70. The Morgan fingerprint density at radius 2 is 2.22 bits per heavy atom. The molecule has 2 heterocycles. The summed E-state index contributed by atoms with van der Waals surface area (Å²) in [4.78, 5) is 8.21. The van der Waals surface area contributed by atoms with Crippen molar-refractivity contribution in [2.45, 2.75) is 19.9 Å². The second-order valence-corrected chi connectivity index (χ2v) is 3.95. The molecule has 92 valence electrons. The standard InChI is InChI=1S/C12H13N5O/c1-7-5-16-12(18-7)8(2)17-11-9(4-13)3-10(14)6-15-11/h3,5-6,8H,14H2,1-2H3,(H,15,17). The third-order valence-corrected chi connectivity index (χ3v) is 2.39. The number of nitrogens with zero attached hydrogens (tertiary/aromatic N) is 3. The van der Waals surface area contributed by atoms with Crippen LogP contribution in [0.5, 0.6) is 0 Å². The molecule has 0 bridgehead atoms. The quantitative estimate of drug-likeness (QED) is 0.855. The normalized spacial score (nSPS) is 11.8. The van der Waals surface area contributed by atoms with Gasteiger partial charge in [-0.15, -0.1) is 0 Å². The lowest BCUT2D eigenvalue weighted by atomic mass is 10.2. The molecule has 6 heteroatoms. The highest BCUT2D eigenvalue weighted by Gasteiger charge is 2.14. The van der Waals surface area contributed by atoms with Crippen LogP contribution in [0.4, 0.5) is 11.5 Å². The molecule has 1 atom stereocenters. The minimum atomic E-state index is -0.179. The Balaban J connectivity index is 2.22. The number of anilines is 2. The first kappa shape index (κ1) is 11.9. The van der Waals surface area contributed by atoms with Gasteiger partial charge in [0.2, 0.25) is 5.89 Å². The summed E-state index contributed by atoms with van der Waals surface area (Å²) in [6.07, 6.45) is 3.14. The molecule has 3 N–H and O–H groups in total. The van der Waals surface area contributed by atoms with Crippen LogP contribution in [0.2, 0.25) is 0 Å². The van der Waals surface area contributed by atoms with E-state index in [-0.39, 0.29) is 6.04 Å². The van der Waals surface area contributed by atoms with E-state index in [1.165, 1.54) is 6.20 Å². The zero-order valence-corrected chi connectivity index (χ0v) is 10.1. The Morgan fingerprint density at radius 1 is 1.44 bits per heavy atom. The van der Waals surface area contributed by atoms with Gasteiger partial charge >= 0.3 is 0 Å². The minimum absolute atomic E-state index is 0.179. The van der Waals surface area contributed by atoms with Crippen molar-refractivity contribution in [3.05, 3.63) is 35.7 Å². The maximum atomic E-state index is 9.01. The molecule has 0 radical (unpaired) electrons. The van der Waals surface area contributed by atoms with E-state index in [1.54, 1.807) is 12.3 Å². The summed E-state index contributed by atoms with van der Waals surface area (Å²) in [7, 11) is 0. The van der Waals surface area contributed by atoms with Gasteiger partial charge in [-0.05, 0) is 19.9 Å². The van der Waals surface area contributed by atoms with Gasteiger partial charge in [0.05, 0.1) is 23.6 Å². The lowest BCUT2D eigenvalue weighted by Crippen LogP contribution is -2.10. The predicted molar refractivity (Wildman–Crippen MR) is 66.6 cm³/mol. The fourth-order valence-corrected chi connectivity index (χ4v) is 1.52. The molecule has 6 nitrogen and oxygen atoms in total. The second-order valence-electron chi connectivity index (χ2n) is 3.95. The minimum Gasteiger partial charge on any atom is -0.444 e. The Labute approximate surface area is 104 Å². The maximum absolute atomic E-state index is 9.01. The number of aromatic nitrogens is 2. The van der Waals surface area contributed by atoms with E-state index >= 15 is 0 Å². The lowest BCUT2D eigenvalue weighted by Gasteiger charge is -2.12. The van der Waals surface area contributed by atoms with Gasteiger partial charge in [0.15, 0.2) is 0 Å². The molecule has 2 aromatic heterocycles. The monoisotopic (exact) mass is 243 g/mol. The lowest BCUT2D eigenvalue weighted by molar-refractivity contribution is 0.453. The van der Waals surface area contributed by atoms with Crippen LogP contribution >= 0.6 is 0 Å². The molecule has 0 amide bonds. The average molecular weight is 243 g/mol. The molecule has 0 aliphatic carbocycles. The smallest absolute Gasteiger partial charge is 0.216 e. The van der Waals surface area contributed by atoms with Gasteiger partial charge in [0.25, 0.3) is 0 Å². The number of hydrogen-bond donors (Lipinski definition) is 2. The third kappa shape index (κ3) is 2.40. The van der Waals surface area contributed by atoms with Gasteiger partial charge in [-0.1, -0.05) is 0 Å². The number of aryl methyl sites for hydroxylation is 1. The number of pyridine rings is 1. The number of rotatable bonds is 3. The van der Waals surface area contributed by atoms with Crippen LogP contribution < -0.4 is 11.1 Å². The molecule has 1 unspecified atom stereocenters. The van der Waals surface area contributed by atoms with Crippen LogP contribution in [0.1, 0.15) is 30.2 Å². The van der Waals surface area contributed by atoms with E-state index in [2.05, 4.69) is 15.3 Å². The largest absolute Gasteiger partial charge is 0.444 e. The van der Waals surface area contributed by atoms with E-state index in [9.17, 15) is 0 Å². The summed E-state index contributed by atoms with van der Waals surface area (Å²) in [6, 6.07) is 3.44. The summed E-state index contributed by atoms with van der Waals surface area (Å²) in [5.41, 5.74) is 6.43. The predicted octanol–water partition coefficient (Wildman–Crippen LogP) is 2.00. The molecule has 0 aromatic carbocycles. The Kier molecular flexibility index (Phi) is 3.15. The first-order valence-corrected chi connectivity index (χ1v) is 5.44. The van der Waals surface area contributed by atoms with E-state index < -0.39 is 0 Å².